The van der Waals surface area contributed by atoms with E-state index in [0.717, 1.165) is 11.8 Å². The van der Waals surface area contributed by atoms with Crippen LogP contribution in [0, 0.1) is 0 Å². The summed E-state index contributed by atoms with van der Waals surface area (Å²) in [5, 5.41) is -0.0491. The molecule has 1 rings (SSSR count). The van der Waals surface area contributed by atoms with Gasteiger partial charge in [0.05, 0.1) is 23.3 Å². The van der Waals surface area contributed by atoms with Crippen molar-refractivity contribution in [2.45, 2.75) is 11.3 Å². The van der Waals surface area contributed by atoms with Gasteiger partial charge >= 0.3 is 5.97 Å². The minimum atomic E-state index is -2.72. The summed E-state index contributed by atoms with van der Waals surface area (Å²) >= 11 is 6.72. The van der Waals surface area contributed by atoms with Crippen LogP contribution in [0.4, 0.5) is 8.78 Å². The molecule has 0 aliphatic heterocycles. The van der Waals surface area contributed by atoms with Gasteiger partial charge in [-0.05, 0) is 18.4 Å². The molecule has 2 nitrogen and oxygen atoms in total. The van der Waals surface area contributed by atoms with E-state index in [2.05, 4.69) is 4.74 Å². The molecule has 0 unspecified atom stereocenters. The van der Waals surface area contributed by atoms with Crippen LogP contribution in [0.3, 0.4) is 0 Å². The molecule has 0 N–H and O–H groups in total. The van der Waals surface area contributed by atoms with Crippen LogP contribution in [0.2, 0.25) is 5.02 Å². The maximum absolute atomic E-state index is 12.8. The minimum absolute atomic E-state index is 0.0491. The maximum atomic E-state index is 12.8. The van der Waals surface area contributed by atoms with E-state index in [1.54, 1.807) is 6.26 Å². The zero-order chi connectivity index (χ0) is 12.3. The molecule has 0 radical (unpaired) electrons. The van der Waals surface area contributed by atoms with Gasteiger partial charge in [0.15, 0.2) is 0 Å². The number of methoxy groups -OCH3 is 1. The number of alkyl halides is 2. The Kier molecular flexibility index (Phi) is 4.56. The van der Waals surface area contributed by atoms with Crippen molar-refractivity contribution in [3.63, 3.8) is 0 Å². The summed E-state index contributed by atoms with van der Waals surface area (Å²) in [6.45, 7) is 0. The van der Waals surface area contributed by atoms with E-state index >= 15 is 0 Å². The molecule has 0 fully saturated rings. The number of benzene rings is 1. The van der Waals surface area contributed by atoms with E-state index in [4.69, 9.17) is 11.6 Å². The molecule has 0 spiro atoms. The van der Waals surface area contributed by atoms with Gasteiger partial charge in [0, 0.05) is 4.90 Å². The quantitative estimate of drug-likeness (QED) is 0.615. The van der Waals surface area contributed by atoms with Crippen LogP contribution >= 0.6 is 23.4 Å². The van der Waals surface area contributed by atoms with Crippen molar-refractivity contribution in [3.05, 3.63) is 28.3 Å². The van der Waals surface area contributed by atoms with Crippen molar-refractivity contribution in [1.29, 1.82) is 0 Å². The average Bonchev–Trinajstić information content (AvgIpc) is 2.26. The van der Waals surface area contributed by atoms with Gasteiger partial charge in [0.1, 0.15) is 0 Å². The van der Waals surface area contributed by atoms with E-state index in [1.165, 1.54) is 19.2 Å². The molecule has 0 aromatic heterocycles. The Labute approximate surface area is 101 Å². The lowest BCUT2D eigenvalue weighted by atomic mass is 10.1. The first-order valence-electron chi connectivity index (χ1n) is 4.25. The van der Waals surface area contributed by atoms with Gasteiger partial charge in [-0.15, -0.1) is 11.8 Å². The van der Waals surface area contributed by atoms with Crippen LogP contribution in [0.1, 0.15) is 22.3 Å². The van der Waals surface area contributed by atoms with Crippen LogP contribution in [0.5, 0.6) is 0 Å². The van der Waals surface area contributed by atoms with Crippen molar-refractivity contribution >= 4 is 29.3 Å². The third kappa shape index (κ3) is 2.47. The summed E-state index contributed by atoms with van der Waals surface area (Å²) in [4.78, 5) is 11.5. The van der Waals surface area contributed by atoms with E-state index in [-0.39, 0.29) is 21.0 Å². The SMILES string of the molecule is COC(=O)c1ccc(Cl)c(C(F)F)c1SC. The summed E-state index contributed by atoms with van der Waals surface area (Å²) in [6.07, 6.45) is -1.12. The van der Waals surface area contributed by atoms with Gasteiger partial charge in [-0.25, -0.2) is 13.6 Å². The second kappa shape index (κ2) is 5.50. The summed E-state index contributed by atoms with van der Waals surface area (Å²) in [7, 11) is 1.20. The van der Waals surface area contributed by atoms with Crippen LogP contribution < -0.4 is 0 Å². The number of hydrogen-bond acceptors (Lipinski definition) is 3. The second-order valence-corrected chi connectivity index (χ2v) is 4.06. The average molecular weight is 267 g/mol. The molecule has 1 aromatic carbocycles. The Morgan fingerprint density at radius 1 is 1.50 bits per heavy atom. The Bertz CT molecular complexity index is 410. The van der Waals surface area contributed by atoms with Crippen molar-refractivity contribution in [1.82, 2.24) is 0 Å². The topological polar surface area (TPSA) is 26.3 Å². The number of carbonyl (C=O) groups is 1. The van der Waals surface area contributed by atoms with E-state index in [9.17, 15) is 13.6 Å². The smallest absolute Gasteiger partial charge is 0.339 e. The normalized spacial score (nSPS) is 10.6. The first kappa shape index (κ1) is 13.3. The lowest BCUT2D eigenvalue weighted by Crippen LogP contribution is -2.05. The van der Waals surface area contributed by atoms with Gasteiger partial charge in [-0.2, -0.15) is 0 Å². The molecule has 88 valence electrons. The number of ether oxygens (including phenoxy) is 1. The predicted molar refractivity (Wildman–Crippen MR) is 59.5 cm³/mol. The third-order valence-electron chi connectivity index (χ3n) is 1.97. The minimum Gasteiger partial charge on any atom is -0.465 e. The molecule has 0 aliphatic rings. The highest BCUT2D eigenvalue weighted by molar-refractivity contribution is 7.98. The monoisotopic (exact) mass is 266 g/mol. The molecule has 6 heteroatoms. The van der Waals surface area contributed by atoms with Gasteiger partial charge in [0.25, 0.3) is 6.43 Å². The zero-order valence-electron chi connectivity index (χ0n) is 8.59. The number of rotatable bonds is 3. The summed E-state index contributed by atoms with van der Waals surface area (Å²) in [6, 6.07) is 2.65. The largest absolute Gasteiger partial charge is 0.465 e. The predicted octanol–water partition coefficient (Wildman–Crippen LogP) is 3.79. The van der Waals surface area contributed by atoms with Gasteiger partial charge in [-0.3, -0.25) is 0 Å². The van der Waals surface area contributed by atoms with E-state index < -0.39 is 12.4 Å². The lowest BCUT2D eigenvalue weighted by Gasteiger charge is -2.12. The molecule has 0 atom stereocenters. The van der Waals surface area contributed by atoms with Crippen LogP contribution in [-0.4, -0.2) is 19.3 Å². The molecular weight excluding hydrogens is 258 g/mol. The molecular formula is C10H9ClF2O2S. The summed E-state index contributed by atoms with van der Waals surface area (Å²) < 4.78 is 30.1. The third-order valence-corrected chi connectivity index (χ3v) is 3.15. The fraction of sp³-hybridized carbons (Fsp3) is 0.300. The molecule has 16 heavy (non-hydrogen) atoms. The standard InChI is InChI=1S/C10H9ClF2O2S/c1-15-10(14)5-3-4-6(11)7(9(12)13)8(5)16-2/h3-4,9H,1-2H3. The number of thioether (sulfide) groups is 1. The second-order valence-electron chi connectivity index (χ2n) is 2.83. The fourth-order valence-corrected chi connectivity index (χ4v) is 2.36. The van der Waals surface area contributed by atoms with Gasteiger partial charge in [-0.1, -0.05) is 11.6 Å². The van der Waals surface area contributed by atoms with Gasteiger partial charge < -0.3 is 4.74 Å². The first-order chi connectivity index (χ1) is 7.52. The molecule has 0 bridgehead atoms. The maximum Gasteiger partial charge on any atom is 0.339 e. The number of carbonyl (C=O) groups excluding carboxylic acids is 1. The summed E-state index contributed by atoms with van der Waals surface area (Å²) in [5.41, 5.74) is -0.216. The number of halogens is 3. The Hall–Kier alpha value is -0.810. The van der Waals surface area contributed by atoms with Crippen LogP contribution in [0.25, 0.3) is 0 Å². The highest BCUT2D eigenvalue weighted by Crippen LogP contribution is 2.37. The van der Waals surface area contributed by atoms with Crippen LogP contribution in [0.15, 0.2) is 17.0 Å². The zero-order valence-corrected chi connectivity index (χ0v) is 10.2. The number of hydrogen-bond donors (Lipinski definition) is 0. The Morgan fingerprint density at radius 3 is 2.56 bits per heavy atom. The van der Waals surface area contributed by atoms with E-state index in [1.807, 2.05) is 0 Å². The molecule has 1 aromatic rings. The van der Waals surface area contributed by atoms with Crippen molar-refractivity contribution < 1.29 is 18.3 Å². The molecule has 0 heterocycles. The van der Waals surface area contributed by atoms with Crippen molar-refractivity contribution in [3.8, 4) is 0 Å². The van der Waals surface area contributed by atoms with E-state index in [0.29, 0.717) is 0 Å². The van der Waals surface area contributed by atoms with Crippen molar-refractivity contribution in [2.24, 2.45) is 0 Å². The molecule has 0 aliphatic carbocycles. The van der Waals surface area contributed by atoms with Gasteiger partial charge in [0.2, 0.25) is 0 Å². The fourth-order valence-electron chi connectivity index (χ4n) is 1.27. The number of esters is 1. The Morgan fingerprint density at radius 2 is 2.12 bits per heavy atom. The summed E-state index contributed by atoms with van der Waals surface area (Å²) in [5.74, 6) is -0.650. The lowest BCUT2D eigenvalue weighted by molar-refractivity contribution is 0.0595. The van der Waals surface area contributed by atoms with Crippen LogP contribution in [-0.2, 0) is 4.74 Å². The van der Waals surface area contributed by atoms with Crippen molar-refractivity contribution in [2.75, 3.05) is 13.4 Å². The molecule has 0 saturated heterocycles. The highest BCUT2D eigenvalue weighted by Gasteiger charge is 2.23. The molecule has 0 amide bonds. The molecule has 0 saturated carbocycles. The highest BCUT2D eigenvalue weighted by atomic mass is 35.5. The first-order valence-corrected chi connectivity index (χ1v) is 5.86. The Balaban J connectivity index is 3.42.